The third kappa shape index (κ3) is 4.37. The molecule has 2 aromatic carbocycles. The van der Waals surface area contributed by atoms with Crippen molar-refractivity contribution in [2.45, 2.75) is 22.4 Å². The van der Waals surface area contributed by atoms with Gasteiger partial charge in [0.1, 0.15) is 0 Å². The Kier molecular flexibility index (Phi) is 5.95. The SMILES string of the molecule is O=S(=O)(c1cccc(CBr)c1)N1CCNCC1c1ccc(C(F)(F)F)cc1. The van der Waals surface area contributed by atoms with Gasteiger partial charge in [0.15, 0.2) is 0 Å². The van der Waals surface area contributed by atoms with Crippen LogP contribution in [0.15, 0.2) is 53.4 Å². The van der Waals surface area contributed by atoms with Crippen molar-refractivity contribution in [1.29, 1.82) is 0 Å². The molecule has 27 heavy (non-hydrogen) atoms. The maximum absolute atomic E-state index is 13.2. The Morgan fingerprint density at radius 2 is 1.85 bits per heavy atom. The molecule has 0 amide bonds. The van der Waals surface area contributed by atoms with Crippen LogP contribution in [0.4, 0.5) is 13.2 Å². The third-order valence-electron chi connectivity index (χ3n) is 4.48. The van der Waals surface area contributed by atoms with E-state index in [0.29, 0.717) is 24.0 Å². The zero-order chi connectivity index (χ0) is 19.7. The molecule has 1 atom stereocenters. The van der Waals surface area contributed by atoms with Crippen LogP contribution in [-0.4, -0.2) is 32.4 Å². The van der Waals surface area contributed by atoms with Gasteiger partial charge in [-0.2, -0.15) is 17.5 Å². The molecule has 1 N–H and O–H groups in total. The van der Waals surface area contributed by atoms with Crippen molar-refractivity contribution in [1.82, 2.24) is 9.62 Å². The number of halogens is 4. The molecule has 1 heterocycles. The molecule has 0 aliphatic carbocycles. The molecule has 0 aromatic heterocycles. The average molecular weight is 463 g/mol. The molecular formula is C18H18BrF3N2O2S. The Morgan fingerprint density at radius 1 is 1.15 bits per heavy atom. The van der Waals surface area contributed by atoms with Crippen LogP contribution in [0.5, 0.6) is 0 Å². The highest BCUT2D eigenvalue weighted by Gasteiger charge is 2.35. The fourth-order valence-electron chi connectivity index (χ4n) is 3.08. The molecule has 1 aliphatic heterocycles. The molecule has 0 spiro atoms. The van der Waals surface area contributed by atoms with Crippen LogP contribution in [0.1, 0.15) is 22.7 Å². The van der Waals surface area contributed by atoms with E-state index >= 15 is 0 Å². The average Bonchev–Trinajstić information content (AvgIpc) is 2.67. The lowest BCUT2D eigenvalue weighted by molar-refractivity contribution is -0.137. The second kappa shape index (κ2) is 7.90. The van der Waals surface area contributed by atoms with Gasteiger partial charge in [0, 0.05) is 25.0 Å². The van der Waals surface area contributed by atoms with Crippen molar-refractivity contribution in [2.75, 3.05) is 19.6 Å². The highest BCUT2D eigenvalue weighted by atomic mass is 79.9. The minimum atomic E-state index is -4.43. The van der Waals surface area contributed by atoms with Gasteiger partial charge in [0.2, 0.25) is 10.0 Å². The van der Waals surface area contributed by atoms with Crippen LogP contribution >= 0.6 is 15.9 Å². The summed E-state index contributed by atoms with van der Waals surface area (Å²) < 4.78 is 66.1. The molecule has 9 heteroatoms. The summed E-state index contributed by atoms with van der Waals surface area (Å²) in [6, 6.07) is 10.7. The summed E-state index contributed by atoms with van der Waals surface area (Å²) in [7, 11) is -3.78. The number of alkyl halides is 4. The van der Waals surface area contributed by atoms with Crippen LogP contribution in [0.25, 0.3) is 0 Å². The van der Waals surface area contributed by atoms with E-state index in [9.17, 15) is 21.6 Å². The maximum Gasteiger partial charge on any atom is 0.416 e. The number of hydrogen-bond acceptors (Lipinski definition) is 3. The smallest absolute Gasteiger partial charge is 0.313 e. The normalized spacial score (nSPS) is 19.2. The molecular weight excluding hydrogens is 445 g/mol. The molecule has 0 bridgehead atoms. The van der Waals surface area contributed by atoms with Gasteiger partial charge in [0.25, 0.3) is 0 Å². The van der Waals surface area contributed by atoms with Gasteiger partial charge in [0.05, 0.1) is 16.5 Å². The minimum Gasteiger partial charge on any atom is -0.313 e. The molecule has 1 aliphatic rings. The predicted molar refractivity (Wildman–Crippen MR) is 100 cm³/mol. The van der Waals surface area contributed by atoms with Gasteiger partial charge in [-0.1, -0.05) is 40.2 Å². The Bertz CT molecular complexity index is 902. The van der Waals surface area contributed by atoms with E-state index in [4.69, 9.17) is 0 Å². The summed E-state index contributed by atoms with van der Waals surface area (Å²) in [5.74, 6) is 0. The lowest BCUT2D eigenvalue weighted by Crippen LogP contribution is -2.48. The molecule has 3 rings (SSSR count). The number of piperazine rings is 1. The number of nitrogens with one attached hydrogen (secondary N) is 1. The van der Waals surface area contributed by atoms with Crippen molar-refractivity contribution >= 4 is 26.0 Å². The highest BCUT2D eigenvalue weighted by molar-refractivity contribution is 9.08. The van der Waals surface area contributed by atoms with Gasteiger partial charge < -0.3 is 5.32 Å². The van der Waals surface area contributed by atoms with Crippen molar-refractivity contribution in [2.24, 2.45) is 0 Å². The largest absolute Gasteiger partial charge is 0.416 e. The van der Waals surface area contributed by atoms with Gasteiger partial charge in [-0.15, -0.1) is 0 Å². The first kappa shape index (κ1) is 20.3. The summed E-state index contributed by atoms with van der Waals surface area (Å²) in [6.07, 6.45) is -4.43. The lowest BCUT2D eigenvalue weighted by atomic mass is 10.0. The molecule has 0 saturated carbocycles. The molecule has 146 valence electrons. The monoisotopic (exact) mass is 462 g/mol. The van der Waals surface area contributed by atoms with Crippen LogP contribution in [0, 0.1) is 0 Å². The van der Waals surface area contributed by atoms with E-state index in [1.165, 1.54) is 22.5 Å². The second-order valence-electron chi connectivity index (χ2n) is 6.24. The quantitative estimate of drug-likeness (QED) is 0.700. The van der Waals surface area contributed by atoms with E-state index in [0.717, 1.165) is 17.7 Å². The van der Waals surface area contributed by atoms with Crippen molar-refractivity contribution in [3.8, 4) is 0 Å². The van der Waals surface area contributed by atoms with Crippen molar-refractivity contribution in [3.05, 3.63) is 65.2 Å². The van der Waals surface area contributed by atoms with E-state index in [1.807, 2.05) is 6.07 Å². The van der Waals surface area contributed by atoms with Gasteiger partial charge in [-0.3, -0.25) is 0 Å². The Hall–Kier alpha value is -1.42. The Morgan fingerprint density at radius 3 is 2.48 bits per heavy atom. The van der Waals surface area contributed by atoms with E-state index in [1.54, 1.807) is 12.1 Å². The number of rotatable bonds is 4. The van der Waals surface area contributed by atoms with Gasteiger partial charge >= 0.3 is 6.18 Å². The first-order valence-electron chi connectivity index (χ1n) is 8.28. The Balaban J connectivity index is 1.95. The fraction of sp³-hybridized carbons (Fsp3) is 0.333. The van der Waals surface area contributed by atoms with Crippen LogP contribution < -0.4 is 5.32 Å². The molecule has 2 aromatic rings. The van der Waals surface area contributed by atoms with E-state index in [-0.39, 0.29) is 11.4 Å². The number of nitrogens with zero attached hydrogens (tertiary/aromatic N) is 1. The van der Waals surface area contributed by atoms with E-state index in [2.05, 4.69) is 21.2 Å². The predicted octanol–water partition coefficient (Wildman–Crippen LogP) is 3.94. The van der Waals surface area contributed by atoms with Crippen molar-refractivity contribution < 1.29 is 21.6 Å². The first-order chi connectivity index (χ1) is 12.7. The fourth-order valence-corrected chi connectivity index (χ4v) is 5.11. The number of sulfonamides is 1. The molecule has 4 nitrogen and oxygen atoms in total. The van der Waals surface area contributed by atoms with Crippen LogP contribution in [0.3, 0.4) is 0 Å². The zero-order valence-corrected chi connectivity index (χ0v) is 16.6. The summed E-state index contributed by atoms with van der Waals surface area (Å²) in [6.45, 7) is 1.06. The summed E-state index contributed by atoms with van der Waals surface area (Å²) >= 11 is 3.32. The van der Waals surface area contributed by atoms with Crippen molar-refractivity contribution in [3.63, 3.8) is 0 Å². The highest BCUT2D eigenvalue weighted by Crippen LogP contribution is 2.33. The zero-order valence-electron chi connectivity index (χ0n) is 14.2. The van der Waals surface area contributed by atoms with Crippen LogP contribution in [0.2, 0.25) is 0 Å². The number of hydrogen-bond donors (Lipinski definition) is 1. The topological polar surface area (TPSA) is 49.4 Å². The molecule has 1 saturated heterocycles. The van der Waals surface area contributed by atoms with E-state index < -0.39 is 27.8 Å². The van der Waals surface area contributed by atoms with Crippen LogP contribution in [-0.2, 0) is 21.5 Å². The molecule has 0 radical (unpaired) electrons. The molecule has 1 fully saturated rings. The van der Waals surface area contributed by atoms with Gasteiger partial charge in [-0.05, 0) is 35.4 Å². The summed E-state index contributed by atoms with van der Waals surface area (Å²) in [5.41, 5.74) is 0.599. The lowest BCUT2D eigenvalue weighted by Gasteiger charge is -2.35. The second-order valence-corrected chi connectivity index (χ2v) is 8.69. The summed E-state index contributed by atoms with van der Waals surface area (Å²) in [4.78, 5) is 0.179. The molecule has 1 unspecified atom stereocenters. The first-order valence-corrected chi connectivity index (χ1v) is 10.8. The Labute approximate surface area is 164 Å². The maximum atomic E-state index is 13.2. The standard InChI is InChI=1S/C18H18BrF3N2O2S/c19-11-13-2-1-3-16(10-13)27(25,26)24-9-8-23-12-17(24)14-4-6-15(7-5-14)18(20,21)22/h1-7,10,17,23H,8-9,11-12H2. The minimum absolute atomic E-state index is 0.179. The summed E-state index contributed by atoms with van der Waals surface area (Å²) in [5, 5.41) is 3.65. The third-order valence-corrected chi connectivity index (χ3v) is 7.03. The van der Waals surface area contributed by atoms with Gasteiger partial charge in [-0.25, -0.2) is 8.42 Å². The number of benzene rings is 2.